The zero-order chi connectivity index (χ0) is 25.7. The number of carbonyl (C=O) groups is 2. The Hall–Kier alpha value is -3.53. The number of hydrogen-bond donors (Lipinski definition) is 3. The van der Waals surface area contributed by atoms with Crippen molar-refractivity contribution < 1.29 is 32.6 Å². The molecule has 0 bridgehead atoms. The zero-order valence-corrected chi connectivity index (χ0v) is 19.6. The number of aliphatic hydroxyl groups excluding tert-OH is 1. The Labute approximate surface area is 205 Å². The van der Waals surface area contributed by atoms with E-state index in [0.29, 0.717) is 35.5 Å². The molecule has 36 heavy (non-hydrogen) atoms. The van der Waals surface area contributed by atoms with E-state index in [0.717, 1.165) is 37.0 Å². The maximum absolute atomic E-state index is 13.2. The highest BCUT2D eigenvalue weighted by molar-refractivity contribution is 6.05. The van der Waals surface area contributed by atoms with E-state index in [9.17, 15) is 27.9 Å². The smallest absolute Gasteiger partial charge is 0.416 e. The number of rotatable bonds is 4. The minimum atomic E-state index is -4.49. The number of alkyl halides is 3. The molecule has 3 aliphatic rings. The van der Waals surface area contributed by atoms with E-state index in [1.165, 1.54) is 17.0 Å². The maximum atomic E-state index is 13.2. The van der Waals surface area contributed by atoms with Crippen molar-refractivity contribution in [3.8, 4) is 5.75 Å². The second-order valence-electron chi connectivity index (χ2n) is 9.64. The van der Waals surface area contributed by atoms with Gasteiger partial charge >= 0.3 is 12.2 Å². The molecule has 0 unspecified atom stereocenters. The third-order valence-electron chi connectivity index (χ3n) is 7.08. The molecule has 2 aromatic carbocycles. The first-order valence-corrected chi connectivity index (χ1v) is 11.8. The van der Waals surface area contributed by atoms with E-state index in [1.54, 1.807) is 25.1 Å². The molecule has 0 saturated heterocycles. The quantitative estimate of drug-likeness (QED) is 0.505. The lowest BCUT2D eigenvalue weighted by atomic mass is 9.72. The number of halogens is 3. The first kappa shape index (κ1) is 24.2. The summed E-state index contributed by atoms with van der Waals surface area (Å²) in [6.07, 6.45) is -0.270. The van der Waals surface area contributed by atoms with E-state index < -0.39 is 23.2 Å². The third-order valence-corrected chi connectivity index (χ3v) is 7.08. The number of anilines is 2. The molecule has 1 saturated carbocycles. The van der Waals surface area contributed by atoms with Crippen molar-refractivity contribution in [1.82, 2.24) is 4.90 Å². The highest BCUT2D eigenvalue weighted by Gasteiger charge is 2.44. The summed E-state index contributed by atoms with van der Waals surface area (Å²) in [6.45, 7) is 1.93. The number of nitrogens with one attached hydrogen (secondary N) is 2. The lowest BCUT2D eigenvalue weighted by molar-refractivity contribution is -0.138. The summed E-state index contributed by atoms with van der Waals surface area (Å²) in [6, 6.07) is 7.86. The Morgan fingerprint density at radius 2 is 2.06 bits per heavy atom. The van der Waals surface area contributed by atoms with Gasteiger partial charge in [0.05, 0.1) is 18.2 Å². The molecule has 7 nitrogen and oxygen atoms in total. The molecular weight excluding hydrogens is 475 g/mol. The van der Waals surface area contributed by atoms with Crippen LogP contribution in [0, 0.1) is 0 Å². The van der Waals surface area contributed by atoms with Crippen molar-refractivity contribution in [2.75, 3.05) is 17.2 Å². The van der Waals surface area contributed by atoms with E-state index in [2.05, 4.69) is 10.6 Å². The molecule has 1 aliphatic carbocycles. The monoisotopic (exact) mass is 501 g/mol. The Bertz CT molecular complexity index is 1250. The van der Waals surface area contributed by atoms with Crippen LogP contribution in [0.1, 0.15) is 49.3 Å². The van der Waals surface area contributed by atoms with Crippen LogP contribution in [-0.2, 0) is 17.5 Å². The van der Waals surface area contributed by atoms with Crippen LogP contribution in [0.2, 0.25) is 0 Å². The van der Waals surface area contributed by atoms with Crippen LogP contribution in [-0.4, -0.2) is 40.2 Å². The number of benzene rings is 2. The lowest BCUT2D eigenvalue weighted by Gasteiger charge is -2.46. The van der Waals surface area contributed by atoms with Crippen LogP contribution in [0.3, 0.4) is 0 Å². The number of ether oxygens (including phenoxy) is 1. The predicted molar refractivity (Wildman–Crippen MR) is 127 cm³/mol. The fourth-order valence-electron chi connectivity index (χ4n) is 4.88. The molecule has 1 spiro atoms. The number of amides is 3. The van der Waals surface area contributed by atoms with Crippen molar-refractivity contribution in [2.45, 2.75) is 57.0 Å². The van der Waals surface area contributed by atoms with Crippen molar-refractivity contribution in [1.29, 1.82) is 0 Å². The first-order valence-electron chi connectivity index (χ1n) is 11.8. The molecule has 0 aromatic heterocycles. The van der Waals surface area contributed by atoms with Gasteiger partial charge in [0.25, 0.3) is 0 Å². The number of aliphatic hydroxyl groups is 1. The lowest BCUT2D eigenvalue weighted by Crippen LogP contribution is -2.45. The van der Waals surface area contributed by atoms with E-state index in [1.807, 2.05) is 0 Å². The van der Waals surface area contributed by atoms with Crippen LogP contribution in [0.25, 0.3) is 5.57 Å². The highest BCUT2D eigenvalue weighted by atomic mass is 19.4. The van der Waals surface area contributed by atoms with Gasteiger partial charge in [0.2, 0.25) is 5.91 Å². The zero-order valence-electron chi connectivity index (χ0n) is 19.6. The predicted octanol–water partition coefficient (Wildman–Crippen LogP) is 5.16. The first-order chi connectivity index (χ1) is 17.1. The summed E-state index contributed by atoms with van der Waals surface area (Å²) in [4.78, 5) is 26.8. The van der Waals surface area contributed by atoms with Gasteiger partial charge in [0.1, 0.15) is 11.4 Å². The molecule has 1 atom stereocenters. The van der Waals surface area contributed by atoms with Crippen LogP contribution < -0.4 is 15.4 Å². The van der Waals surface area contributed by atoms with Crippen molar-refractivity contribution in [2.24, 2.45) is 0 Å². The molecule has 10 heteroatoms. The molecule has 2 heterocycles. The van der Waals surface area contributed by atoms with Crippen LogP contribution in [0.15, 0.2) is 42.5 Å². The van der Waals surface area contributed by atoms with Gasteiger partial charge in [0, 0.05) is 36.0 Å². The number of urea groups is 1. The fourth-order valence-corrected chi connectivity index (χ4v) is 4.88. The van der Waals surface area contributed by atoms with Gasteiger partial charge in [0.15, 0.2) is 0 Å². The summed E-state index contributed by atoms with van der Waals surface area (Å²) >= 11 is 0. The van der Waals surface area contributed by atoms with Crippen LogP contribution in [0.5, 0.6) is 5.75 Å². The molecule has 2 aliphatic heterocycles. The van der Waals surface area contributed by atoms with Crippen LogP contribution >= 0.6 is 0 Å². The second-order valence-corrected chi connectivity index (χ2v) is 9.64. The minimum absolute atomic E-state index is 0.146. The standard InChI is InChI=1S/C26H26F3N3O4/c1-15(14-33)32-13-16-3-5-19(11-21(16)31-24(32)35)30-23(34)9-17-12-25(7-2-8-25)36-22-10-18(26(27,28)29)4-6-20(17)22/h3-6,9-11,15,33H,2,7-8,12-14H2,1H3,(H,30,34)(H,31,35)/t15-/m1/s1. The van der Waals surface area contributed by atoms with E-state index in [-0.39, 0.29) is 24.4 Å². The Morgan fingerprint density at radius 1 is 1.28 bits per heavy atom. The van der Waals surface area contributed by atoms with Crippen molar-refractivity contribution in [3.63, 3.8) is 0 Å². The van der Waals surface area contributed by atoms with Gasteiger partial charge in [-0.15, -0.1) is 0 Å². The second kappa shape index (κ2) is 8.85. The number of hydrogen-bond acceptors (Lipinski definition) is 4. The summed E-state index contributed by atoms with van der Waals surface area (Å²) in [5.41, 5.74) is 1.63. The summed E-state index contributed by atoms with van der Waals surface area (Å²) in [5, 5.41) is 14.9. The number of nitrogens with zero attached hydrogens (tertiary/aromatic N) is 1. The largest absolute Gasteiger partial charge is 0.486 e. The SMILES string of the molecule is C[C@H](CO)N1Cc2ccc(NC(=O)C=C3CC4(CCC4)Oc4cc(C(F)(F)F)ccc43)cc2NC1=O. The Kier molecular flexibility index (Phi) is 5.94. The molecule has 3 N–H and O–H groups in total. The summed E-state index contributed by atoms with van der Waals surface area (Å²) < 4.78 is 45.7. The molecule has 2 aromatic rings. The third kappa shape index (κ3) is 4.53. The van der Waals surface area contributed by atoms with Gasteiger partial charge in [-0.05, 0) is 61.6 Å². The van der Waals surface area contributed by atoms with Gasteiger partial charge in [-0.2, -0.15) is 13.2 Å². The number of carbonyl (C=O) groups excluding carboxylic acids is 2. The maximum Gasteiger partial charge on any atom is 0.416 e. The molecular formula is C26H26F3N3O4. The number of fused-ring (bicyclic) bond motifs is 2. The average Bonchev–Trinajstić information content (AvgIpc) is 2.81. The van der Waals surface area contributed by atoms with Crippen molar-refractivity contribution >= 4 is 28.9 Å². The average molecular weight is 502 g/mol. The van der Waals surface area contributed by atoms with Crippen LogP contribution in [0.4, 0.5) is 29.3 Å². The van der Waals surface area contributed by atoms with Gasteiger partial charge in [-0.1, -0.05) is 12.1 Å². The highest BCUT2D eigenvalue weighted by Crippen LogP contribution is 2.50. The normalized spacial score (nSPS) is 20.1. The molecule has 190 valence electrons. The molecule has 1 fully saturated rings. The summed E-state index contributed by atoms with van der Waals surface area (Å²) in [5.74, 6) is -0.280. The van der Waals surface area contributed by atoms with Gasteiger partial charge in [-0.25, -0.2) is 4.79 Å². The molecule has 5 rings (SSSR count). The fraction of sp³-hybridized carbons (Fsp3) is 0.385. The Balaban J connectivity index is 1.37. The topological polar surface area (TPSA) is 90.9 Å². The molecule has 0 radical (unpaired) electrons. The van der Waals surface area contributed by atoms with Crippen molar-refractivity contribution in [3.05, 3.63) is 59.2 Å². The van der Waals surface area contributed by atoms with E-state index >= 15 is 0 Å². The van der Waals surface area contributed by atoms with Gasteiger partial charge < -0.3 is 25.4 Å². The minimum Gasteiger partial charge on any atom is -0.486 e. The molecule has 3 amide bonds. The summed E-state index contributed by atoms with van der Waals surface area (Å²) in [7, 11) is 0. The van der Waals surface area contributed by atoms with Gasteiger partial charge in [-0.3, -0.25) is 4.79 Å². The Morgan fingerprint density at radius 3 is 2.72 bits per heavy atom. The van der Waals surface area contributed by atoms with E-state index in [4.69, 9.17) is 4.74 Å².